The summed E-state index contributed by atoms with van der Waals surface area (Å²) in [6.07, 6.45) is 0. The molecule has 0 saturated carbocycles. The van der Waals surface area contributed by atoms with Gasteiger partial charge in [0.25, 0.3) is 10.0 Å². The van der Waals surface area contributed by atoms with Crippen LogP contribution in [0.15, 0.2) is 71.6 Å². The number of sulfonamides is 1. The number of anilines is 1. The molecule has 0 fully saturated rings. The molecule has 7 nitrogen and oxygen atoms in total. The highest BCUT2D eigenvalue weighted by Crippen LogP contribution is 2.29. The minimum Gasteiger partial charge on any atom is -0.357 e. The Hall–Kier alpha value is -2.78. The minimum atomic E-state index is -4.18. The van der Waals surface area contributed by atoms with Crippen molar-refractivity contribution in [3.8, 4) is 0 Å². The SMILES string of the molecule is CNC(=O)[C@H](C)N(Cc1ccc(Cl)cc1Cl)C(=O)CN(c1ccccc1C)S(=O)(=O)c1ccc(Cl)cc1. The van der Waals surface area contributed by atoms with Gasteiger partial charge in [0.2, 0.25) is 11.8 Å². The summed E-state index contributed by atoms with van der Waals surface area (Å²) in [5.41, 5.74) is 1.54. The fourth-order valence-electron chi connectivity index (χ4n) is 3.72. The van der Waals surface area contributed by atoms with Gasteiger partial charge in [-0.3, -0.25) is 13.9 Å². The van der Waals surface area contributed by atoms with Crippen LogP contribution in [0, 0.1) is 6.92 Å². The maximum Gasteiger partial charge on any atom is 0.264 e. The van der Waals surface area contributed by atoms with Crippen molar-refractivity contribution < 1.29 is 18.0 Å². The van der Waals surface area contributed by atoms with Crippen molar-refractivity contribution in [2.24, 2.45) is 0 Å². The van der Waals surface area contributed by atoms with E-state index in [0.29, 0.717) is 31.9 Å². The van der Waals surface area contributed by atoms with E-state index in [2.05, 4.69) is 5.32 Å². The number of rotatable bonds is 9. The van der Waals surface area contributed by atoms with Crippen LogP contribution in [0.3, 0.4) is 0 Å². The average molecular weight is 583 g/mol. The lowest BCUT2D eigenvalue weighted by Gasteiger charge is -2.32. The monoisotopic (exact) mass is 581 g/mol. The van der Waals surface area contributed by atoms with E-state index in [0.717, 1.165) is 4.31 Å². The second-order valence-electron chi connectivity index (χ2n) is 8.30. The molecule has 0 bridgehead atoms. The zero-order valence-electron chi connectivity index (χ0n) is 20.4. The van der Waals surface area contributed by atoms with Gasteiger partial charge in [0, 0.05) is 28.7 Å². The summed E-state index contributed by atoms with van der Waals surface area (Å²) >= 11 is 18.3. The predicted molar refractivity (Wildman–Crippen MR) is 148 cm³/mol. The van der Waals surface area contributed by atoms with Crippen LogP contribution in [-0.4, -0.2) is 44.8 Å². The van der Waals surface area contributed by atoms with E-state index in [1.807, 2.05) is 0 Å². The Morgan fingerprint density at radius 3 is 2.16 bits per heavy atom. The first kappa shape index (κ1) is 28.8. The first-order chi connectivity index (χ1) is 17.4. The minimum absolute atomic E-state index is 0.0281. The fourth-order valence-corrected chi connectivity index (χ4v) is 5.79. The molecule has 0 unspecified atom stereocenters. The number of halogens is 3. The Morgan fingerprint density at radius 2 is 1.57 bits per heavy atom. The third-order valence-electron chi connectivity index (χ3n) is 5.83. The molecule has 3 rings (SSSR count). The highest BCUT2D eigenvalue weighted by atomic mass is 35.5. The van der Waals surface area contributed by atoms with E-state index in [1.165, 1.54) is 42.3 Å². The summed E-state index contributed by atoms with van der Waals surface area (Å²) in [7, 11) is -2.72. The number of carbonyl (C=O) groups is 2. The van der Waals surface area contributed by atoms with Crippen molar-refractivity contribution in [2.45, 2.75) is 31.3 Å². The Morgan fingerprint density at radius 1 is 0.946 bits per heavy atom. The summed E-state index contributed by atoms with van der Waals surface area (Å²) in [5.74, 6) is -1.01. The van der Waals surface area contributed by atoms with Crippen LogP contribution in [0.25, 0.3) is 0 Å². The Labute approximate surface area is 232 Å². The molecule has 3 aromatic rings. The Bertz CT molecular complexity index is 1400. The van der Waals surface area contributed by atoms with E-state index < -0.39 is 34.4 Å². The van der Waals surface area contributed by atoms with E-state index in [1.54, 1.807) is 50.2 Å². The van der Waals surface area contributed by atoms with Crippen LogP contribution in [-0.2, 0) is 26.2 Å². The van der Waals surface area contributed by atoms with Gasteiger partial charge in [0.15, 0.2) is 0 Å². The van der Waals surface area contributed by atoms with Gasteiger partial charge in [-0.15, -0.1) is 0 Å². The van der Waals surface area contributed by atoms with E-state index in [9.17, 15) is 18.0 Å². The largest absolute Gasteiger partial charge is 0.357 e. The number of benzene rings is 3. The van der Waals surface area contributed by atoms with Gasteiger partial charge in [-0.1, -0.05) is 59.1 Å². The number of likely N-dealkylation sites (N-methyl/N-ethyl adjacent to an activating group) is 1. The number of carbonyl (C=O) groups excluding carboxylic acids is 2. The number of hydrogen-bond donors (Lipinski definition) is 1. The molecular formula is C26H26Cl3N3O4S. The molecule has 0 aliphatic heterocycles. The summed E-state index contributed by atoms with van der Waals surface area (Å²) in [6, 6.07) is 16.4. The molecule has 2 amide bonds. The first-order valence-electron chi connectivity index (χ1n) is 11.2. The van der Waals surface area contributed by atoms with Crippen molar-refractivity contribution in [3.63, 3.8) is 0 Å². The number of nitrogens with zero attached hydrogens (tertiary/aromatic N) is 2. The van der Waals surface area contributed by atoms with Crippen LogP contribution in [0.2, 0.25) is 15.1 Å². The van der Waals surface area contributed by atoms with Crippen LogP contribution in [0.5, 0.6) is 0 Å². The number of aryl methyl sites for hydroxylation is 1. The normalized spacial score (nSPS) is 12.1. The lowest BCUT2D eigenvalue weighted by atomic mass is 10.1. The molecule has 0 radical (unpaired) electrons. The lowest BCUT2D eigenvalue weighted by Crippen LogP contribution is -2.50. The van der Waals surface area contributed by atoms with Crippen molar-refractivity contribution in [2.75, 3.05) is 17.9 Å². The third-order valence-corrected chi connectivity index (χ3v) is 8.45. The zero-order valence-corrected chi connectivity index (χ0v) is 23.5. The zero-order chi connectivity index (χ0) is 27.3. The molecule has 11 heteroatoms. The van der Waals surface area contributed by atoms with Crippen LogP contribution in [0.1, 0.15) is 18.1 Å². The maximum absolute atomic E-state index is 13.8. The Balaban J connectivity index is 2.06. The smallest absolute Gasteiger partial charge is 0.264 e. The van der Waals surface area contributed by atoms with Crippen molar-refractivity contribution in [3.05, 3.63) is 92.9 Å². The van der Waals surface area contributed by atoms with Crippen molar-refractivity contribution >= 4 is 62.3 Å². The van der Waals surface area contributed by atoms with Gasteiger partial charge in [-0.05, 0) is 67.4 Å². The molecule has 3 aromatic carbocycles. The number of hydrogen-bond acceptors (Lipinski definition) is 4. The van der Waals surface area contributed by atoms with Crippen molar-refractivity contribution in [1.29, 1.82) is 0 Å². The molecular weight excluding hydrogens is 557 g/mol. The summed E-state index contributed by atoms with van der Waals surface area (Å²) in [4.78, 5) is 27.6. The van der Waals surface area contributed by atoms with Crippen LogP contribution < -0.4 is 9.62 Å². The summed E-state index contributed by atoms with van der Waals surface area (Å²) in [6.45, 7) is 2.73. The third kappa shape index (κ3) is 6.76. The van der Waals surface area contributed by atoms with Gasteiger partial charge in [-0.2, -0.15) is 0 Å². The average Bonchev–Trinajstić information content (AvgIpc) is 2.86. The second kappa shape index (κ2) is 12.2. The molecule has 0 aliphatic carbocycles. The van der Waals surface area contributed by atoms with Crippen molar-refractivity contribution in [1.82, 2.24) is 10.2 Å². The van der Waals surface area contributed by atoms with Gasteiger partial charge < -0.3 is 10.2 Å². The van der Waals surface area contributed by atoms with Crippen LogP contribution in [0.4, 0.5) is 5.69 Å². The lowest BCUT2D eigenvalue weighted by molar-refractivity contribution is -0.139. The molecule has 0 spiro atoms. The van der Waals surface area contributed by atoms with Gasteiger partial charge in [0.05, 0.1) is 10.6 Å². The molecule has 0 aromatic heterocycles. The second-order valence-corrected chi connectivity index (χ2v) is 11.4. The highest BCUT2D eigenvalue weighted by molar-refractivity contribution is 7.92. The summed E-state index contributed by atoms with van der Waals surface area (Å²) < 4.78 is 28.6. The first-order valence-corrected chi connectivity index (χ1v) is 13.8. The standard InChI is InChI=1S/C26H26Cl3N3O4S/c1-17-6-4-5-7-24(17)32(37(35,36)22-12-10-20(27)11-13-22)16-25(33)31(18(2)26(34)30-3)15-19-8-9-21(28)14-23(19)29/h4-14,18H,15-16H2,1-3H3,(H,30,34)/t18-/m0/s1. The Kier molecular flexibility index (Phi) is 9.47. The van der Waals surface area contributed by atoms with Crippen LogP contribution >= 0.6 is 34.8 Å². The maximum atomic E-state index is 13.8. The van der Waals surface area contributed by atoms with Gasteiger partial charge in [-0.25, -0.2) is 8.42 Å². The molecule has 1 N–H and O–H groups in total. The van der Waals surface area contributed by atoms with E-state index in [-0.39, 0.29) is 11.4 Å². The number of para-hydroxylation sites is 1. The van der Waals surface area contributed by atoms with Gasteiger partial charge in [0.1, 0.15) is 12.6 Å². The molecule has 1 atom stereocenters. The topological polar surface area (TPSA) is 86.8 Å². The molecule has 37 heavy (non-hydrogen) atoms. The van der Waals surface area contributed by atoms with E-state index >= 15 is 0 Å². The predicted octanol–water partition coefficient (Wildman–Crippen LogP) is 5.31. The fraction of sp³-hybridized carbons (Fsp3) is 0.231. The molecule has 0 heterocycles. The molecule has 0 aliphatic rings. The molecule has 196 valence electrons. The summed E-state index contributed by atoms with van der Waals surface area (Å²) in [5, 5.41) is 3.65. The number of nitrogens with one attached hydrogen (secondary N) is 1. The highest BCUT2D eigenvalue weighted by Gasteiger charge is 2.33. The quantitative estimate of drug-likeness (QED) is 0.370. The number of amides is 2. The van der Waals surface area contributed by atoms with E-state index in [4.69, 9.17) is 34.8 Å². The molecule has 0 saturated heterocycles. The van der Waals surface area contributed by atoms with Gasteiger partial charge >= 0.3 is 0 Å².